The summed E-state index contributed by atoms with van der Waals surface area (Å²) in [4.78, 5) is 13.5. The molecule has 7 heteroatoms. The maximum Gasteiger partial charge on any atom is 0.239 e. The van der Waals surface area contributed by atoms with Gasteiger partial charge in [-0.05, 0) is 24.6 Å². The van der Waals surface area contributed by atoms with Gasteiger partial charge in [0, 0.05) is 13.1 Å². The third kappa shape index (κ3) is 4.51. The fourth-order valence-corrected chi connectivity index (χ4v) is 4.10. The van der Waals surface area contributed by atoms with E-state index in [-0.39, 0.29) is 18.2 Å². The lowest BCUT2D eigenvalue weighted by atomic mass is 10.2. The second-order valence-corrected chi connectivity index (χ2v) is 7.86. The van der Waals surface area contributed by atoms with Gasteiger partial charge in [0.05, 0.1) is 23.7 Å². The van der Waals surface area contributed by atoms with Gasteiger partial charge in [-0.1, -0.05) is 42.0 Å². The van der Waals surface area contributed by atoms with Crippen molar-refractivity contribution in [2.75, 3.05) is 29.3 Å². The number of carbonyl (C=O) groups is 1. The lowest BCUT2D eigenvalue weighted by Gasteiger charge is -2.30. The van der Waals surface area contributed by atoms with Gasteiger partial charge in [0.15, 0.2) is 0 Å². The van der Waals surface area contributed by atoms with E-state index < -0.39 is 10.0 Å². The van der Waals surface area contributed by atoms with Crippen LogP contribution < -0.4 is 14.9 Å². The highest BCUT2D eigenvalue weighted by molar-refractivity contribution is 7.91. The van der Waals surface area contributed by atoms with Crippen molar-refractivity contribution in [2.24, 2.45) is 0 Å². The van der Waals surface area contributed by atoms with E-state index in [0.29, 0.717) is 24.5 Å². The molecule has 1 fully saturated rings. The number of rotatable bonds is 5. The van der Waals surface area contributed by atoms with Crippen LogP contribution in [0.4, 0.5) is 11.4 Å². The van der Waals surface area contributed by atoms with Crippen molar-refractivity contribution >= 4 is 27.3 Å². The monoisotopic (exact) mass is 359 g/mol. The molecule has 25 heavy (non-hydrogen) atoms. The van der Waals surface area contributed by atoms with Crippen LogP contribution in [0.2, 0.25) is 0 Å². The topological polar surface area (TPSA) is 78.5 Å². The highest BCUT2D eigenvalue weighted by Gasteiger charge is 2.21. The summed E-state index contributed by atoms with van der Waals surface area (Å²) in [7, 11) is -3.56. The molecule has 1 saturated heterocycles. The van der Waals surface area contributed by atoms with Gasteiger partial charge < -0.3 is 10.2 Å². The third-order valence-electron chi connectivity index (χ3n) is 3.99. The average Bonchev–Trinajstić information content (AvgIpc) is 2.54. The van der Waals surface area contributed by atoms with Gasteiger partial charge in [-0.2, -0.15) is 0 Å². The summed E-state index contributed by atoms with van der Waals surface area (Å²) in [5, 5.41) is 2.77. The van der Waals surface area contributed by atoms with Crippen LogP contribution in [-0.4, -0.2) is 34.0 Å². The van der Waals surface area contributed by atoms with Crippen LogP contribution in [0.15, 0.2) is 48.5 Å². The summed E-state index contributed by atoms with van der Waals surface area (Å²) in [6.07, 6.45) is 0. The zero-order chi connectivity index (χ0) is 17.9. The number of benzene rings is 2. The molecule has 1 aliphatic heterocycles. The number of sulfonamides is 1. The first-order valence-electron chi connectivity index (χ1n) is 8.10. The van der Waals surface area contributed by atoms with Gasteiger partial charge in [0.25, 0.3) is 0 Å². The predicted molar refractivity (Wildman–Crippen MR) is 99.1 cm³/mol. The van der Waals surface area contributed by atoms with Crippen LogP contribution in [0.1, 0.15) is 11.1 Å². The van der Waals surface area contributed by atoms with E-state index in [4.69, 9.17) is 0 Å². The van der Waals surface area contributed by atoms with Gasteiger partial charge in [-0.25, -0.2) is 8.42 Å². The van der Waals surface area contributed by atoms with Crippen LogP contribution in [0.25, 0.3) is 0 Å². The Balaban J connectivity index is 1.81. The van der Waals surface area contributed by atoms with E-state index in [0.717, 1.165) is 11.1 Å². The van der Waals surface area contributed by atoms with Crippen molar-refractivity contribution in [1.29, 1.82) is 0 Å². The number of hydrogen-bond donors (Lipinski definition) is 2. The molecule has 3 rings (SSSR count). The molecule has 0 aliphatic carbocycles. The van der Waals surface area contributed by atoms with Gasteiger partial charge >= 0.3 is 0 Å². The summed E-state index contributed by atoms with van der Waals surface area (Å²) in [6.45, 7) is 3.34. The van der Waals surface area contributed by atoms with E-state index >= 15 is 0 Å². The molecule has 1 amide bonds. The van der Waals surface area contributed by atoms with Crippen LogP contribution in [-0.2, 0) is 20.6 Å². The Morgan fingerprint density at radius 3 is 2.72 bits per heavy atom. The Morgan fingerprint density at radius 2 is 1.96 bits per heavy atom. The van der Waals surface area contributed by atoms with E-state index in [1.807, 2.05) is 42.2 Å². The van der Waals surface area contributed by atoms with Crippen molar-refractivity contribution < 1.29 is 13.2 Å². The highest BCUT2D eigenvalue weighted by Crippen LogP contribution is 2.27. The molecule has 2 N–H and O–H groups in total. The molecule has 1 aliphatic rings. The zero-order valence-electron chi connectivity index (χ0n) is 14.0. The number of nitrogens with one attached hydrogen (secondary N) is 2. The molecule has 1 heterocycles. The maximum atomic E-state index is 12.6. The molecule has 0 radical (unpaired) electrons. The summed E-state index contributed by atoms with van der Waals surface area (Å²) >= 11 is 0. The Labute approximate surface area is 147 Å². The highest BCUT2D eigenvalue weighted by atomic mass is 32.2. The summed E-state index contributed by atoms with van der Waals surface area (Å²) in [5.74, 6) is -0.160. The minimum Gasteiger partial charge on any atom is -0.359 e. The molecule has 0 bridgehead atoms. The maximum absolute atomic E-state index is 12.6. The number of aryl methyl sites for hydroxylation is 1. The number of anilines is 2. The van der Waals surface area contributed by atoms with Crippen LogP contribution >= 0.6 is 0 Å². The van der Waals surface area contributed by atoms with Crippen molar-refractivity contribution in [1.82, 2.24) is 5.32 Å². The number of hydrogen-bond acceptors (Lipinski definition) is 4. The minimum atomic E-state index is -3.56. The van der Waals surface area contributed by atoms with Crippen LogP contribution in [0.5, 0.6) is 0 Å². The zero-order valence-corrected chi connectivity index (χ0v) is 14.8. The van der Waals surface area contributed by atoms with Crippen molar-refractivity contribution in [3.63, 3.8) is 0 Å². The molecular weight excluding hydrogens is 338 g/mol. The first kappa shape index (κ1) is 17.3. The van der Waals surface area contributed by atoms with Gasteiger partial charge in [-0.3, -0.25) is 9.52 Å². The number of para-hydroxylation sites is 2. The Bertz CT molecular complexity index is 881. The van der Waals surface area contributed by atoms with E-state index in [1.165, 1.54) is 0 Å². The molecule has 0 atom stereocenters. The lowest BCUT2D eigenvalue weighted by Crippen LogP contribution is -2.47. The summed E-state index contributed by atoms with van der Waals surface area (Å²) in [5.41, 5.74) is 2.96. The smallest absolute Gasteiger partial charge is 0.239 e. The second kappa shape index (κ2) is 7.14. The lowest BCUT2D eigenvalue weighted by molar-refractivity contribution is -0.120. The molecular formula is C18H21N3O3S. The molecule has 0 saturated carbocycles. The third-order valence-corrected chi connectivity index (χ3v) is 5.23. The van der Waals surface area contributed by atoms with Gasteiger partial charge in [0.2, 0.25) is 15.9 Å². The first-order valence-corrected chi connectivity index (χ1v) is 9.75. The summed E-state index contributed by atoms with van der Waals surface area (Å²) < 4.78 is 27.8. The standard InChI is InChI=1S/C18H21N3O3S/c1-14-5-4-6-15(11-14)13-25(23,24)20-16-7-2-3-8-17(16)21-10-9-19-18(22)12-21/h2-8,11,20H,9-10,12-13H2,1H3,(H,19,22). The van der Waals surface area contributed by atoms with E-state index in [2.05, 4.69) is 10.0 Å². The molecule has 6 nitrogen and oxygen atoms in total. The van der Waals surface area contributed by atoms with Gasteiger partial charge in [-0.15, -0.1) is 0 Å². The van der Waals surface area contributed by atoms with E-state index in [9.17, 15) is 13.2 Å². The SMILES string of the molecule is Cc1cccc(CS(=O)(=O)Nc2ccccc2N2CCNC(=O)C2)c1. The number of piperazine rings is 1. The number of nitrogens with zero attached hydrogens (tertiary/aromatic N) is 1. The largest absolute Gasteiger partial charge is 0.359 e. The van der Waals surface area contributed by atoms with Crippen LogP contribution in [0, 0.1) is 6.92 Å². The van der Waals surface area contributed by atoms with E-state index in [1.54, 1.807) is 18.2 Å². The quantitative estimate of drug-likeness (QED) is 0.854. The number of amides is 1. The Kier molecular flexibility index (Phi) is 4.94. The fourth-order valence-electron chi connectivity index (χ4n) is 2.90. The Morgan fingerprint density at radius 1 is 1.16 bits per heavy atom. The Hall–Kier alpha value is -2.54. The van der Waals surface area contributed by atoms with Crippen molar-refractivity contribution in [3.05, 3.63) is 59.7 Å². The van der Waals surface area contributed by atoms with Crippen molar-refractivity contribution in [2.45, 2.75) is 12.7 Å². The molecule has 132 valence electrons. The minimum absolute atomic E-state index is 0.0660. The molecule has 0 spiro atoms. The number of carbonyl (C=O) groups excluding carboxylic acids is 1. The molecule has 2 aromatic rings. The molecule has 0 unspecified atom stereocenters. The fraction of sp³-hybridized carbons (Fsp3) is 0.278. The first-order chi connectivity index (χ1) is 11.9. The van der Waals surface area contributed by atoms with Crippen LogP contribution in [0.3, 0.4) is 0 Å². The normalized spacial score (nSPS) is 14.9. The van der Waals surface area contributed by atoms with Gasteiger partial charge in [0.1, 0.15) is 0 Å². The second-order valence-electron chi connectivity index (χ2n) is 6.14. The molecule has 0 aromatic heterocycles. The summed E-state index contributed by atoms with van der Waals surface area (Å²) in [6, 6.07) is 14.6. The average molecular weight is 359 g/mol. The predicted octanol–water partition coefficient (Wildman–Crippen LogP) is 1.87. The van der Waals surface area contributed by atoms with Crippen molar-refractivity contribution in [3.8, 4) is 0 Å². The molecule has 2 aromatic carbocycles.